The Bertz CT molecular complexity index is 1380. The lowest BCUT2D eigenvalue weighted by Crippen LogP contribution is -2.36. The van der Waals surface area contributed by atoms with Crippen LogP contribution in [0.4, 0.5) is 17.1 Å². The second kappa shape index (κ2) is 10.6. The molecule has 0 spiro atoms. The third-order valence-electron chi connectivity index (χ3n) is 8.17. The molecule has 6 heteroatoms. The van der Waals surface area contributed by atoms with Crippen LogP contribution in [-0.4, -0.2) is 48.5 Å². The number of fused-ring (bicyclic) bond motifs is 1. The Kier molecular flexibility index (Phi) is 6.90. The molecule has 1 aromatic heterocycles. The number of hydrogen-bond donors (Lipinski definition) is 2. The minimum atomic E-state index is -0.0419. The predicted octanol–water partition coefficient (Wildman–Crippen LogP) is 6.09. The molecule has 0 unspecified atom stereocenters. The zero-order valence-corrected chi connectivity index (χ0v) is 22.5. The third kappa shape index (κ3) is 4.93. The summed E-state index contributed by atoms with van der Waals surface area (Å²) < 4.78 is 0. The van der Waals surface area contributed by atoms with Crippen molar-refractivity contribution < 1.29 is 4.79 Å². The molecule has 6 nitrogen and oxygen atoms in total. The number of benzene rings is 2. The quantitative estimate of drug-likeness (QED) is 0.405. The van der Waals surface area contributed by atoms with E-state index in [4.69, 9.17) is 0 Å². The second-order valence-corrected chi connectivity index (χ2v) is 10.8. The van der Waals surface area contributed by atoms with Crippen molar-refractivity contribution in [1.29, 1.82) is 0 Å². The van der Waals surface area contributed by atoms with Gasteiger partial charge in [0.15, 0.2) is 0 Å². The van der Waals surface area contributed by atoms with Crippen LogP contribution in [0, 0.1) is 6.92 Å². The fourth-order valence-corrected chi connectivity index (χ4v) is 5.92. The fraction of sp³-hybridized carbons (Fsp3) is 0.375. The lowest BCUT2D eigenvalue weighted by Gasteiger charge is -2.30. The first-order valence-corrected chi connectivity index (χ1v) is 14.0. The first kappa shape index (κ1) is 24.7. The summed E-state index contributed by atoms with van der Waals surface area (Å²) in [5, 5.41) is 6.74. The molecule has 4 heterocycles. The van der Waals surface area contributed by atoms with E-state index in [1.165, 1.54) is 36.1 Å². The summed E-state index contributed by atoms with van der Waals surface area (Å²) in [5.41, 5.74) is 10.6. The van der Waals surface area contributed by atoms with E-state index in [9.17, 15) is 4.79 Å². The molecule has 0 saturated carbocycles. The van der Waals surface area contributed by atoms with Gasteiger partial charge in [-0.15, -0.1) is 0 Å². The van der Waals surface area contributed by atoms with Gasteiger partial charge in [-0.2, -0.15) is 0 Å². The summed E-state index contributed by atoms with van der Waals surface area (Å²) in [7, 11) is 0. The number of nitrogens with zero attached hydrogens (tertiary/aromatic N) is 3. The van der Waals surface area contributed by atoms with E-state index in [0.29, 0.717) is 6.54 Å². The van der Waals surface area contributed by atoms with Crippen molar-refractivity contribution >= 4 is 28.5 Å². The molecule has 0 radical (unpaired) electrons. The lowest BCUT2D eigenvalue weighted by atomic mass is 9.90. The van der Waals surface area contributed by atoms with Crippen LogP contribution in [0.25, 0.3) is 16.7 Å². The minimum absolute atomic E-state index is 0.0419. The van der Waals surface area contributed by atoms with Crippen molar-refractivity contribution in [3.63, 3.8) is 0 Å². The number of aromatic nitrogens is 1. The van der Waals surface area contributed by atoms with Gasteiger partial charge in [-0.3, -0.25) is 14.7 Å². The molecule has 6 rings (SSSR count). The van der Waals surface area contributed by atoms with Crippen LogP contribution in [0.3, 0.4) is 0 Å². The summed E-state index contributed by atoms with van der Waals surface area (Å²) in [6.07, 6.45) is 8.49. The molecule has 1 amide bonds. The average Bonchev–Trinajstić information content (AvgIpc) is 3.44. The number of aryl methyl sites for hydroxylation is 1. The number of carbonyl (C=O) groups excluding carboxylic acids is 1. The number of likely N-dealkylation sites (tertiary alicyclic amines) is 1. The molecule has 38 heavy (non-hydrogen) atoms. The second-order valence-electron chi connectivity index (χ2n) is 10.8. The maximum absolute atomic E-state index is 13.8. The maximum atomic E-state index is 13.8. The Morgan fingerprint density at radius 2 is 1.82 bits per heavy atom. The standard InChI is InChI=1S/C32H37N5O/c1-3-24-20-34-29-9-7-25(26-16-23(18-33-19-26)21-36-11-6-12-36)17-28(29)31(24)32(38)35-27-8-10-30(22(2)15-27)37-13-4-5-14-37/h7-10,15-19,34H,3-6,11-14,20-21H2,1-2H3,(H,35,38). The van der Waals surface area contributed by atoms with Gasteiger partial charge in [0.05, 0.1) is 0 Å². The average molecular weight is 508 g/mol. The highest BCUT2D eigenvalue weighted by Crippen LogP contribution is 2.37. The Morgan fingerprint density at radius 3 is 2.55 bits per heavy atom. The summed E-state index contributed by atoms with van der Waals surface area (Å²) in [6, 6.07) is 14.9. The van der Waals surface area contributed by atoms with E-state index in [-0.39, 0.29) is 5.91 Å². The molecule has 2 N–H and O–H groups in total. The van der Waals surface area contributed by atoms with Gasteiger partial charge >= 0.3 is 0 Å². The largest absolute Gasteiger partial charge is 0.381 e. The highest BCUT2D eigenvalue weighted by molar-refractivity contribution is 6.28. The molecule has 2 fully saturated rings. The van der Waals surface area contributed by atoms with Gasteiger partial charge in [-0.1, -0.05) is 13.0 Å². The van der Waals surface area contributed by atoms with Crippen LogP contribution in [0.5, 0.6) is 0 Å². The van der Waals surface area contributed by atoms with Gasteiger partial charge in [0.1, 0.15) is 0 Å². The number of rotatable bonds is 7. The van der Waals surface area contributed by atoms with Crippen LogP contribution in [0.2, 0.25) is 0 Å². The molecule has 2 aromatic carbocycles. The van der Waals surface area contributed by atoms with Crippen LogP contribution in [0.15, 0.2) is 60.4 Å². The number of pyridine rings is 1. The number of amides is 1. The highest BCUT2D eigenvalue weighted by atomic mass is 16.1. The van der Waals surface area contributed by atoms with Gasteiger partial charge in [-0.25, -0.2) is 0 Å². The monoisotopic (exact) mass is 507 g/mol. The molecule has 0 atom stereocenters. The van der Waals surface area contributed by atoms with Crippen molar-refractivity contribution in [1.82, 2.24) is 9.88 Å². The zero-order chi connectivity index (χ0) is 26.1. The Morgan fingerprint density at radius 1 is 0.974 bits per heavy atom. The van der Waals surface area contributed by atoms with Gasteiger partial charge < -0.3 is 15.5 Å². The summed E-state index contributed by atoms with van der Waals surface area (Å²) >= 11 is 0. The molecule has 3 aromatic rings. The smallest absolute Gasteiger partial charge is 0.256 e. The fourth-order valence-electron chi connectivity index (χ4n) is 5.92. The molecular weight excluding hydrogens is 470 g/mol. The van der Waals surface area contributed by atoms with Crippen molar-refractivity contribution in [3.05, 3.63) is 77.1 Å². The molecule has 2 saturated heterocycles. The van der Waals surface area contributed by atoms with Gasteiger partial charge in [-0.05, 0) is 104 Å². The Hall–Kier alpha value is -3.64. The van der Waals surface area contributed by atoms with E-state index in [0.717, 1.165) is 78.4 Å². The lowest BCUT2D eigenvalue weighted by molar-refractivity contribution is -0.111. The van der Waals surface area contributed by atoms with Crippen LogP contribution >= 0.6 is 0 Å². The van der Waals surface area contributed by atoms with Crippen molar-refractivity contribution in [2.45, 2.75) is 46.1 Å². The molecule has 3 aliphatic rings. The van der Waals surface area contributed by atoms with Crippen LogP contribution in [-0.2, 0) is 11.3 Å². The molecule has 3 aliphatic heterocycles. The summed E-state index contributed by atoms with van der Waals surface area (Å²) in [4.78, 5) is 23.2. The topological polar surface area (TPSA) is 60.5 Å². The van der Waals surface area contributed by atoms with Crippen molar-refractivity contribution in [3.8, 4) is 11.1 Å². The van der Waals surface area contributed by atoms with E-state index < -0.39 is 0 Å². The zero-order valence-electron chi connectivity index (χ0n) is 22.5. The van der Waals surface area contributed by atoms with Crippen LogP contribution < -0.4 is 15.5 Å². The normalized spacial score (nSPS) is 17.2. The van der Waals surface area contributed by atoms with Gasteiger partial charge in [0.2, 0.25) is 0 Å². The maximum Gasteiger partial charge on any atom is 0.256 e. The first-order chi connectivity index (χ1) is 18.6. The summed E-state index contributed by atoms with van der Waals surface area (Å²) in [6.45, 7) is 10.4. The van der Waals surface area contributed by atoms with E-state index in [1.807, 2.05) is 18.5 Å². The predicted molar refractivity (Wildman–Crippen MR) is 157 cm³/mol. The molecule has 0 aliphatic carbocycles. The molecule has 0 bridgehead atoms. The minimum Gasteiger partial charge on any atom is -0.381 e. The summed E-state index contributed by atoms with van der Waals surface area (Å²) in [5.74, 6) is -0.0419. The SMILES string of the molecule is CCC1=C(C(=O)Nc2ccc(N3CCCC3)c(C)c2)c2cc(-c3cncc(CN4CCC4)c3)ccc2NC1. The first-order valence-electron chi connectivity index (χ1n) is 14.0. The van der Waals surface area contributed by atoms with E-state index >= 15 is 0 Å². The van der Waals surface area contributed by atoms with Crippen LogP contribution in [0.1, 0.15) is 49.3 Å². The van der Waals surface area contributed by atoms with Crippen molar-refractivity contribution in [2.24, 2.45) is 0 Å². The molecule has 196 valence electrons. The van der Waals surface area contributed by atoms with Gasteiger partial charge in [0.25, 0.3) is 5.91 Å². The Labute approximate surface area is 225 Å². The van der Waals surface area contributed by atoms with Crippen molar-refractivity contribution in [2.75, 3.05) is 48.3 Å². The number of carbonyl (C=O) groups is 1. The number of hydrogen-bond acceptors (Lipinski definition) is 5. The van der Waals surface area contributed by atoms with E-state index in [1.54, 1.807) is 0 Å². The van der Waals surface area contributed by atoms with Gasteiger partial charge in [0, 0.05) is 72.3 Å². The molecular formula is C32H37N5O. The third-order valence-corrected chi connectivity index (χ3v) is 8.17. The Balaban J connectivity index is 1.28. The number of anilines is 3. The number of nitrogens with one attached hydrogen (secondary N) is 2. The van der Waals surface area contributed by atoms with E-state index in [2.05, 4.69) is 75.7 Å². The highest BCUT2D eigenvalue weighted by Gasteiger charge is 2.25.